The smallest absolute Gasteiger partial charge is 0.141 e. The Hall–Kier alpha value is -1.98. The Bertz CT molecular complexity index is 828. The molecule has 1 aromatic carbocycles. The van der Waals surface area contributed by atoms with Gasteiger partial charge in [0.1, 0.15) is 17.0 Å². The van der Waals surface area contributed by atoms with Crippen LogP contribution in [0, 0.1) is 5.92 Å². The van der Waals surface area contributed by atoms with Crippen LogP contribution in [-0.2, 0) is 0 Å². The molecule has 4 nitrogen and oxygen atoms in total. The molecule has 3 heterocycles. The number of nitrogens with two attached hydrogens (primary N) is 1. The fourth-order valence-corrected chi connectivity index (χ4v) is 4.58. The van der Waals surface area contributed by atoms with Crippen LogP contribution < -0.4 is 10.6 Å². The Morgan fingerprint density at radius 1 is 1.29 bits per heavy atom. The monoisotopic (exact) mass is 338 g/mol. The van der Waals surface area contributed by atoms with E-state index in [0.717, 1.165) is 30.2 Å². The highest BCUT2D eigenvalue weighted by atomic mass is 32.1. The van der Waals surface area contributed by atoms with Crippen molar-refractivity contribution in [1.29, 1.82) is 0 Å². The van der Waals surface area contributed by atoms with E-state index in [0.29, 0.717) is 5.92 Å². The molecule has 1 aliphatic rings. The molecule has 4 rings (SSSR count). The first-order valence-corrected chi connectivity index (χ1v) is 9.38. The number of nitrogens with zero attached hydrogens (tertiary/aromatic N) is 3. The fourth-order valence-electron chi connectivity index (χ4n) is 3.67. The normalized spacial score (nSPS) is 19.1. The van der Waals surface area contributed by atoms with Crippen LogP contribution in [-0.4, -0.2) is 29.1 Å². The van der Waals surface area contributed by atoms with E-state index in [9.17, 15) is 0 Å². The van der Waals surface area contributed by atoms with Crippen molar-refractivity contribution in [2.75, 3.05) is 18.0 Å². The first kappa shape index (κ1) is 15.5. The molecule has 0 spiro atoms. The summed E-state index contributed by atoms with van der Waals surface area (Å²) in [5.74, 6) is 1.74. The number of hydrogen-bond acceptors (Lipinski definition) is 5. The van der Waals surface area contributed by atoms with Gasteiger partial charge in [-0.15, -0.1) is 11.3 Å². The molecule has 0 amide bonds. The number of aromatic nitrogens is 2. The highest BCUT2D eigenvalue weighted by Gasteiger charge is 2.26. The van der Waals surface area contributed by atoms with Crippen molar-refractivity contribution >= 4 is 27.4 Å². The van der Waals surface area contributed by atoms with Gasteiger partial charge in [-0.3, -0.25) is 0 Å². The zero-order valence-corrected chi connectivity index (χ0v) is 14.7. The second-order valence-electron chi connectivity index (χ2n) is 6.71. The number of thiophene rings is 1. The summed E-state index contributed by atoms with van der Waals surface area (Å²) in [5.41, 5.74) is 8.45. The molecular weight excluding hydrogens is 316 g/mol. The van der Waals surface area contributed by atoms with Crippen LogP contribution in [0.5, 0.6) is 0 Å². The van der Waals surface area contributed by atoms with Crippen LogP contribution in [0.4, 0.5) is 5.82 Å². The maximum atomic E-state index is 5.99. The van der Waals surface area contributed by atoms with Gasteiger partial charge < -0.3 is 10.6 Å². The van der Waals surface area contributed by atoms with Crippen LogP contribution in [0.3, 0.4) is 0 Å². The molecule has 2 atom stereocenters. The topological polar surface area (TPSA) is 55.0 Å². The van der Waals surface area contributed by atoms with Crippen molar-refractivity contribution in [3.63, 3.8) is 0 Å². The Kier molecular flexibility index (Phi) is 4.21. The number of hydrogen-bond donors (Lipinski definition) is 1. The van der Waals surface area contributed by atoms with E-state index in [4.69, 9.17) is 5.73 Å². The lowest BCUT2D eigenvalue weighted by Gasteiger charge is -2.19. The molecule has 124 valence electrons. The first-order chi connectivity index (χ1) is 11.7. The van der Waals surface area contributed by atoms with Gasteiger partial charge >= 0.3 is 0 Å². The molecule has 2 aromatic heterocycles. The highest BCUT2D eigenvalue weighted by Crippen LogP contribution is 2.39. The van der Waals surface area contributed by atoms with Crippen molar-refractivity contribution in [3.8, 4) is 11.1 Å². The van der Waals surface area contributed by atoms with E-state index in [1.807, 2.05) is 0 Å². The third kappa shape index (κ3) is 2.89. The van der Waals surface area contributed by atoms with Gasteiger partial charge in [-0.05, 0) is 31.2 Å². The molecule has 0 saturated carbocycles. The Labute approximate surface area is 146 Å². The molecule has 1 saturated heterocycles. The van der Waals surface area contributed by atoms with E-state index in [1.165, 1.54) is 22.9 Å². The van der Waals surface area contributed by atoms with E-state index in [-0.39, 0.29) is 6.04 Å². The minimum absolute atomic E-state index is 0.265. The molecule has 2 N–H and O–H groups in total. The summed E-state index contributed by atoms with van der Waals surface area (Å²) in [6, 6.07) is 10.8. The molecule has 5 heteroatoms. The van der Waals surface area contributed by atoms with Gasteiger partial charge in [0, 0.05) is 30.1 Å². The van der Waals surface area contributed by atoms with E-state index in [1.54, 1.807) is 17.7 Å². The number of fused-ring (bicyclic) bond motifs is 1. The standard InChI is InChI=1S/C19H22N4S/c1-13(20)9-14-7-8-23(10-14)18-17-16(15-5-3-2-4-6-15)11-24-19(17)22-12-21-18/h2-6,11-14H,7-10,20H2,1H3. The molecule has 3 aromatic rings. The third-order valence-electron chi connectivity index (χ3n) is 4.73. The molecule has 0 aliphatic carbocycles. The number of benzene rings is 1. The predicted molar refractivity (Wildman–Crippen MR) is 101 cm³/mol. The summed E-state index contributed by atoms with van der Waals surface area (Å²) in [6.07, 6.45) is 3.97. The second kappa shape index (κ2) is 6.49. The van der Waals surface area contributed by atoms with Gasteiger partial charge in [0.05, 0.1) is 5.39 Å². The molecule has 24 heavy (non-hydrogen) atoms. The van der Waals surface area contributed by atoms with E-state index >= 15 is 0 Å². The SMILES string of the molecule is CC(N)CC1CCN(c2ncnc3scc(-c4ccccc4)c23)C1. The van der Waals surface area contributed by atoms with Crippen molar-refractivity contribution in [2.45, 2.75) is 25.8 Å². The average molecular weight is 338 g/mol. The molecular formula is C19H22N4S. The van der Waals surface area contributed by atoms with Gasteiger partial charge in [-0.25, -0.2) is 9.97 Å². The lowest BCUT2D eigenvalue weighted by Crippen LogP contribution is -2.24. The summed E-state index contributed by atoms with van der Waals surface area (Å²) in [5, 5.41) is 3.39. The molecule has 2 unspecified atom stereocenters. The van der Waals surface area contributed by atoms with Crippen LogP contribution in [0.1, 0.15) is 19.8 Å². The third-order valence-corrected chi connectivity index (χ3v) is 5.61. The average Bonchev–Trinajstić information content (AvgIpc) is 3.21. The van der Waals surface area contributed by atoms with Crippen molar-refractivity contribution < 1.29 is 0 Å². The summed E-state index contributed by atoms with van der Waals surface area (Å²) >= 11 is 1.70. The maximum absolute atomic E-state index is 5.99. The molecule has 1 fully saturated rings. The second-order valence-corrected chi connectivity index (χ2v) is 7.56. The Morgan fingerprint density at radius 2 is 2.12 bits per heavy atom. The summed E-state index contributed by atoms with van der Waals surface area (Å²) in [4.78, 5) is 12.6. The van der Waals surface area contributed by atoms with E-state index in [2.05, 4.69) is 57.5 Å². The highest BCUT2D eigenvalue weighted by molar-refractivity contribution is 7.17. The minimum atomic E-state index is 0.265. The Morgan fingerprint density at radius 3 is 2.92 bits per heavy atom. The predicted octanol–water partition coefficient (Wildman–Crippen LogP) is 3.92. The van der Waals surface area contributed by atoms with Crippen molar-refractivity contribution in [1.82, 2.24) is 9.97 Å². The summed E-state index contributed by atoms with van der Waals surface area (Å²) in [7, 11) is 0. The van der Waals surface area contributed by atoms with Crippen LogP contribution >= 0.6 is 11.3 Å². The zero-order valence-electron chi connectivity index (χ0n) is 13.9. The molecule has 0 radical (unpaired) electrons. The Balaban J connectivity index is 1.73. The van der Waals surface area contributed by atoms with Gasteiger partial charge in [0.15, 0.2) is 0 Å². The number of rotatable bonds is 4. The van der Waals surface area contributed by atoms with Crippen molar-refractivity contribution in [3.05, 3.63) is 42.0 Å². The van der Waals surface area contributed by atoms with Crippen LogP contribution in [0.15, 0.2) is 42.0 Å². The molecule has 0 bridgehead atoms. The van der Waals surface area contributed by atoms with Gasteiger partial charge in [-0.1, -0.05) is 30.3 Å². The van der Waals surface area contributed by atoms with Gasteiger partial charge in [-0.2, -0.15) is 0 Å². The summed E-state index contributed by atoms with van der Waals surface area (Å²) < 4.78 is 0. The van der Waals surface area contributed by atoms with Gasteiger partial charge in [0.25, 0.3) is 0 Å². The van der Waals surface area contributed by atoms with E-state index < -0.39 is 0 Å². The van der Waals surface area contributed by atoms with Gasteiger partial charge in [0.2, 0.25) is 0 Å². The van der Waals surface area contributed by atoms with Crippen LogP contribution in [0.2, 0.25) is 0 Å². The quantitative estimate of drug-likeness (QED) is 0.783. The largest absolute Gasteiger partial charge is 0.356 e. The zero-order chi connectivity index (χ0) is 16.5. The lowest BCUT2D eigenvalue weighted by molar-refractivity contribution is 0.485. The summed E-state index contributed by atoms with van der Waals surface area (Å²) in [6.45, 7) is 4.18. The van der Waals surface area contributed by atoms with Crippen molar-refractivity contribution in [2.24, 2.45) is 11.7 Å². The number of anilines is 1. The fraction of sp³-hybridized carbons (Fsp3) is 0.368. The first-order valence-electron chi connectivity index (χ1n) is 8.50. The lowest BCUT2D eigenvalue weighted by atomic mass is 10.0. The van der Waals surface area contributed by atoms with Crippen LogP contribution in [0.25, 0.3) is 21.3 Å². The minimum Gasteiger partial charge on any atom is -0.356 e. The maximum Gasteiger partial charge on any atom is 0.141 e. The molecule has 1 aliphatic heterocycles.